The Kier molecular flexibility index (Phi) is 2.55. The number of furan rings is 1. The lowest BCUT2D eigenvalue weighted by Gasteiger charge is -2.03. The van der Waals surface area contributed by atoms with Crippen LogP contribution in [0.1, 0.15) is 12.7 Å². The van der Waals surface area contributed by atoms with Gasteiger partial charge in [0.2, 0.25) is 0 Å². The quantitative estimate of drug-likeness (QED) is 0.806. The minimum atomic E-state index is 0.482. The first kappa shape index (κ1) is 9.28. The predicted octanol–water partition coefficient (Wildman–Crippen LogP) is 2.57. The number of hydrogen-bond donors (Lipinski definition) is 1. The maximum Gasteiger partial charge on any atom is 0.134 e. The average molecular weight is 189 g/mol. The van der Waals surface area contributed by atoms with Crippen LogP contribution in [-0.4, -0.2) is 6.54 Å². The first-order valence-electron chi connectivity index (χ1n) is 4.97. The number of fused-ring (bicyclic) bond motifs is 1. The Morgan fingerprint density at radius 2 is 2.14 bits per heavy atom. The van der Waals surface area contributed by atoms with Crippen molar-refractivity contribution in [2.24, 2.45) is 11.7 Å². The van der Waals surface area contributed by atoms with E-state index >= 15 is 0 Å². The second kappa shape index (κ2) is 3.84. The van der Waals surface area contributed by atoms with Crippen molar-refractivity contribution in [3.8, 4) is 0 Å². The fraction of sp³-hybridized carbons (Fsp3) is 0.333. The Hall–Kier alpha value is -1.28. The lowest BCUT2D eigenvalue weighted by Crippen LogP contribution is -2.12. The maximum atomic E-state index is 5.68. The Labute approximate surface area is 83.7 Å². The van der Waals surface area contributed by atoms with Crippen LogP contribution in [0.3, 0.4) is 0 Å². The number of hydrogen-bond acceptors (Lipinski definition) is 2. The fourth-order valence-corrected chi connectivity index (χ4v) is 1.56. The molecule has 0 saturated heterocycles. The van der Waals surface area contributed by atoms with Crippen LogP contribution in [0.2, 0.25) is 0 Å². The van der Waals surface area contributed by atoms with Gasteiger partial charge in [-0.05, 0) is 24.6 Å². The zero-order valence-electron chi connectivity index (χ0n) is 8.36. The van der Waals surface area contributed by atoms with E-state index in [-0.39, 0.29) is 0 Å². The topological polar surface area (TPSA) is 39.2 Å². The zero-order valence-corrected chi connectivity index (χ0v) is 8.36. The molecule has 0 fully saturated rings. The zero-order chi connectivity index (χ0) is 9.97. The summed E-state index contributed by atoms with van der Waals surface area (Å²) in [5, 5.41) is 1.17. The van der Waals surface area contributed by atoms with Crippen molar-refractivity contribution >= 4 is 11.0 Å². The smallest absolute Gasteiger partial charge is 0.134 e. The molecule has 0 aliphatic heterocycles. The standard InChI is InChI=1S/C12H15NO/c1-9(8-13)6-11-7-10-4-2-3-5-12(10)14-11/h2-5,7,9H,6,8,13H2,1H3. The molecular weight excluding hydrogens is 174 g/mol. The van der Waals surface area contributed by atoms with Crippen LogP contribution < -0.4 is 5.73 Å². The molecule has 2 heteroatoms. The van der Waals surface area contributed by atoms with E-state index < -0.39 is 0 Å². The van der Waals surface area contributed by atoms with Gasteiger partial charge in [-0.15, -0.1) is 0 Å². The van der Waals surface area contributed by atoms with Gasteiger partial charge in [-0.25, -0.2) is 0 Å². The molecule has 74 valence electrons. The highest BCUT2D eigenvalue weighted by Crippen LogP contribution is 2.20. The monoisotopic (exact) mass is 189 g/mol. The molecule has 1 heterocycles. The highest BCUT2D eigenvalue weighted by Gasteiger charge is 2.06. The first-order chi connectivity index (χ1) is 6.79. The molecule has 0 amide bonds. The summed E-state index contributed by atoms with van der Waals surface area (Å²) in [5.41, 5.74) is 6.54. The Bertz CT molecular complexity index is 386. The van der Waals surface area contributed by atoms with E-state index in [0.717, 1.165) is 17.8 Å². The van der Waals surface area contributed by atoms with E-state index in [1.807, 2.05) is 18.2 Å². The Balaban J connectivity index is 2.27. The molecule has 1 aromatic heterocycles. The third kappa shape index (κ3) is 1.80. The maximum absolute atomic E-state index is 5.68. The number of nitrogens with two attached hydrogens (primary N) is 1. The van der Waals surface area contributed by atoms with Crippen LogP contribution in [0, 0.1) is 5.92 Å². The lowest BCUT2D eigenvalue weighted by atomic mass is 10.1. The lowest BCUT2D eigenvalue weighted by molar-refractivity contribution is 0.484. The van der Waals surface area contributed by atoms with Crippen LogP contribution in [0.25, 0.3) is 11.0 Å². The van der Waals surface area contributed by atoms with Crippen molar-refractivity contribution in [1.82, 2.24) is 0 Å². The Morgan fingerprint density at radius 3 is 2.86 bits per heavy atom. The molecule has 0 bridgehead atoms. The molecule has 2 nitrogen and oxygen atoms in total. The van der Waals surface area contributed by atoms with E-state index in [1.54, 1.807) is 0 Å². The molecule has 2 aromatic rings. The van der Waals surface area contributed by atoms with Gasteiger partial charge < -0.3 is 10.2 Å². The van der Waals surface area contributed by atoms with Crippen LogP contribution in [0.5, 0.6) is 0 Å². The molecule has 1 unspecified atom stereocenters. The summed E-state index contributed by atoms with van der Waals surface area (Å²) in [7, 11) is 0. The van der Waals surface area contributed by atoms with Gasteiger partial charge >= 0.3 is 0 Å². The van der Waals surface area contributed by atoms with E-state index in [0.29, 0.717) is 12.5 Å². The second-order valence-electron chi connectivity index (χ2n) is 3.80. The third-order valence-electron chi connectivity index (χ3n) is 2.43. The van der Waals surface area contributed by atoms with Crippen molar-refractivity contribution in [3.63, 3.8) is 0 Å². The summed E-state index contributed by atoms with van der Waals surface area (Å²) in [6.07, 6.45) is 0.922. The first-order valence-corrected chi connectivity index (χ1v) is 4.97. The van der Waals surface area contributed by atoms with Gasteiger partial charge in [0.15, 0.2) is 0 Å². The van der Waals surface area contributed by atoms with Crippen molar-refractivity contribution < 1.29 is 4.42 Å². The minimum Gasteiger partial charge on any atom is -0.461 e. The molecule has 0 aliphatic rings. The summed E-state index contributed by atoms with van der Waals surface area (Å²) in [6, 6.07) is 10.2. The highest BCUT2D eigenvalue weighted by atomic mass is 16.3. The number of benzene rings is 1. The van der Waals surface area contributed by atoms with Crippen LogP contribution in [0.15, 0.2) is 34.7 Å². The molecule has 14 heavy (non-hydrogen) atoms. The van der Waals surface area contributed by atoms with Crippen molar-refractivity contribution in [2.75, 3.05) is 6.54 Å². The van der Waals surface area contributed by atoms with Crippen LogP contribution >= 0.6 is 0 Å². The van der Waals surface area contributed by atoms with Gasteiger partial charge in [0.25, 0.3) is 0 Å². The number of rotatable bonds is 3. The van der Waals surface area contributed by atoms with Gasteiger partial charge in [-0.2, -0.15) is 0 Å². The molecular formula is C12H15NO. The molecule has 0 radical (unpaired) electrons. The van der Waals surface area contributed by atoms with Gasteiger partial charge in [0.1, 0.15) is 11.3 Å². The van der Waals surface area contributed by atoms with Crippen molar-refractivity contribution in [2.45, 2.75) is 13.3 Å². The summed E-state index contributed by atoms with van der Waals surface area (Å²) >= 11 is 0. The van der Waals surface area contributed by atoms with E-state index in [9.17, 15) is 0 Å². The molecule has 1 atom stereocenters. The van der Waals surface area contributed by atoms with Gasteiger partial charge in [0.05, 0.1) is 0 Å². The third-order valence-corrected chi connectivity index (χ3v) is 2.43. The van der Waals surface area contributed by atoms with Crippen molar-refractivity contribution in [1.29, 1.82) is 0 Å². The van der Waals surface area contributed by atoms with Crippen molar-refractivity contribution in [3.05, 3.63) is 36.1 Å². The molecule has 2 rings (SSSR count). The number of para-hydroxylation sites is 1. The molecule has 0 spiro atoms. The largest absolute Gasteiger partial charge is 0.461 e. The highest BCUT2D eigenvalue weighted by molar-refractivity contribution is 5.77. The van der Waals surface area contributed by atoms with Crippen LogP contribution in [-0.2, 0) is 6.42 Å². The van der Waals surface area contributed by atoms with Gasteiger partial charge in [0, 0.05) is 11.8 Å². The molecule has 0 saturated carbocycles. The minimum absolute atomic E-state index is 0.482. The van der Waals surface area contributed by atoms with Crippen LogP contribution in [0.4, 0.5) is 0 Å². The predicted molar refractivity (Wildman–Crippen MR) is 58.1 cm³/mol. The summed E-state index contributed by atoms with van der Waals surface area (Å²) < 4.78 is 5.68. The normalized spacial score (nSPS) is 13.3. The summed E-state index contributed by atoms with van der Waals surface area (Å²) in [5.74, 6) is 1.51. The summed E-state index contributed by atoms with van der Waals surface area (Å²) in [4.78, 5) is 0. The molecule has 0 aliphatic carbocycles. The molecule has 1 aromatic carbocycles. The SMILES string of the molecule is CC(CN)Cc1cc2ccccc2o1. The van der Waals surface area contributed by atoms with E-state index in [1.165, 1.54) is 5.39 Å². The second-order valence-corrected chi connectivity index (χ2v) is 3.80. The van der Waals surface area contributed by atoms with Gasteiger partial charge in [-0.3, -0.25) is 0 Å². The fourth-order valence-electron chi connectivity index (χ4n) is 1.56. The molecule has 2 N–H and O–H groups in total. The van der Waals surface area contributed by atoms with Gasteiger partial charge in [-0.1, -0.05) is 25.1 Å². The Morgan fingerprint density at radius 1 is 1.36 bits per heavy atom. The van der Waals surface area contributed by atoms with E-state index in [4.69, 9.17) is 10.2 Å². The summed E-state index contributed by atoms with van der Waals surface area (Å²) in [6.45, 7) is 2.84. The average Bonchev–Trinajstić information content (AvgIpc) is 2.59. The van der Waals surface area contributed by atoms with E-state index in [2.05, 4.69) is 19.1 Å².